The van der Waals surface area contributed by atoms with Gasteiger partial charge in [-0.15, -0.1) is 11.8 Å². The molecule has 192 valence electrons. The molecule has 0 saturated carbocycles. The minimum absolute atomic E-state index is 0.154. The van der Waals surface area contributed by atoms with Gasteiger partial charge in [-0.25, -0.2) is 4.79 Å². The zero-order chi connectivity index (χ0) is 26.4. The average Bonchev–Trinajstić information content (AvgIpc) is 3.29. The van der Waals surface area contributed by atoms with Crippen LogP contribution in [0.25, 0.3) is 11.3 Å². The molecule has 5 nitrogen and oxygen atoms in total. The quantitative estimate of drug-likeness (QED) is 0.214. The number of thioether (sulfide) groups is 1. The number of ether oxygens (including phenoxy) is 2. The molecule has 0 aliphatic rings. The zero-order valence-corrected chi connectivity index (χ0v) is 20.6. The van der Waals surface area contributed by atoms with E-state index in [-0.39, 0.29) is 6.61 Å². The molecule has 4 rings (SSSR count). The van der Waals surface area contributed by atoms with Gasteiger partial charge in [0.1, 0.15) is 29.6 Å². The first-order chi connectivity index (χ1) is 17.7. The van der Waals surface area contributed by atoms with Crippen LogP contribution < -0.4 is 9.47 Å². The van der Waals surface area contributed by atoms with Gasteiger partial charge in [0.2, 0.25) is 0 Å². The molecule has 3 aromatic carbocycles. The number of halogens is 3. The lowest BCUT2D eigenvalue weighted by atomic mass is 10.1. The highest BCUT2D eigenvalue weighted by Crippen LogP contribution is 2.35. The van der Waals surface area contributed by atoms with E-state index in [1.807, 2.05) is 55.5 Å². The number of carboxylic acid groups (broad SMARTS) is 1. The van der Waals surface area contributed by atoms with Crippen molar-refractivity contribution in [3.05, 3.63) is 101 Å². The molecule has 0 spiro atoms. The fourth-order valence-electron chi connectivity index (χ4n) is 3.52. The second kappa shape index (κ2) is 11.5. The second-order valence-corrected chi connectivity index (χ2v) is 9.18. The number of alkyl halides is 3. The Kier molecular flexibility index (Phi) is 8.13. The summed E-state index contributed by atoms with van der Waals surface area (Å²) in [6.45, 7) is 1.57. The number of benzene rings is 3. The SMILES string of the molecule is Cc1cc(SCc2cc(-c3ccc(C(F)(F)F)cc3)oc2COc2ccccc2)ccc1OCC(=O)O. The average molecular weight is 529 g/mol. The Morgan fingerprint density at radius 2 is 1.70 bits per heavy atom. The van der Waals surface area contributed by atoms with Crippen molar-refractivity contribution in [2.75, 3.05) is 6.61 Å². The Morgan fingerprint density at radius 3 is 2.35 bits per heavy atom. The summed E-state index contributed by atoms with van der Waals surface area (Å²) in [5, 5.41) is 8.81. The monoisotopic (exact) mass is 528 g/mol. The van der Waals surface area contributed by atoms with E-state index in [0.717, 1.165) is 28.2 Å². The third-order valence-corrected chi connectivity index (χ3v) is 6.44. The van der Waals surface area contributed by atoms with Crippen molar-refractivity contribution in [3.63, 3.8) is 0 Å². The van der Waals surface area contributed by atoms with Crippen LogP contribution in [-0.2, 0) is 23.3 Å². The van der Waals surface area contributed by atoms with Crippen LogP contribution in [0.5, 0.6) is 11.5 Å². The zero-order valence-electron chi connectivity index (χ0n) is 19.7. The van der Waals surface area contributed by atoms with Crippen LogP contribution in [0.15, 0.2) is 88.2 Å². The molecule has 0 aliphatic carbocycles. The van der Waals surface area contributed by atoms with Crippen molar-refractivity contribution >= 4 is 17.7 Å². The van der Waals surface area contributed by atoms with Crippen molar-refractivity contribution in [2.45, 2.75) is 30.4 Å². The van der Waals surface area contributed by atoms with Crippen molar-refractivity contribution in [2.24, 2.45) is 0 Å². The molecule has 0 bridgehead atoms. The van der Waals surface area contributed by atoms with Crippen molar-refractivity contribution in [1.82, 2.24) is 0 Å². The number of aliphatic carboxylic acids is 1. The molecule has 1 aromatic heterocycles. The summed E-state index contributed by atoms with van der Waals surface area (Å²) < 4.78 is 56.1. The first kappa shape index (κ1) is 26.2. The van der Waals surface area contributed by atoms with Crippen LogP contribution in [-0.4, -0.2) is 17.7 Å². The molecule has 0 radical (unpaired) electrons. The van der Waals surface area contributed by atoms with Crippen LogP contribution in [0.4, 0.5) is 13.2 Å². The fraction of sp³-hybridized carbons (Fsp3) is 0.179. The van der Waals surface area contributed by atoms with E-state index in [1.165, 1.54) is 23.9 Å². The van der Waals surface area contributed by atoms with Crippen LogP contribution in [0.2, 0.25) is 0 Å². The highest BCUT2D eigenvalue weighted by atomic mass is 32.2. The van der Waals surface area contributed by atoms with Gasteiger partial charge in [0, 0.05) is 21.8 Å². The lowest BCUT2D eigenvalue weighted by molar-refractivity contribution is -0.139. The van der Waals surface area contributed by atoms with Crippen molar-refractivity contribution in [3.8, 4) is 22.8 Å². The van der Waals surface area contributed by atoms with Gasteiger partial charge in [-0.3, -0.25) is 0 Å². The molecule has 0 unspecified atom stereocenters. The maximum atomic E-state index is 13.0. The predicted octanol–water partition coefficient (Wildman–Crippen LogP) is 7.61. The smallest absolute Gasteiger partial charge is 0.416 e. The molecule has 4 aromatic rings. The number of hydrogen-bond donors (Lipinski definition) is 1. The number of carboxylic acids is 1. The van der Waals surface area contributed by atoms with Crippen LogP contribution in [0.3, 0.4) is 0 Å². The maximum Gasteiger partial charge on any atom is 0.416 e. The van der Waals surface area contributed by atoms with Crippen LogP contribution in [0, 0.1) is 6.92 Å². The summed E-state index contributed by atoms with van der Waals surface area (Å²) in [7, 11) is 0. The summed E-state index contributed by atoms with van der Waals surface area (Å²) in [6, 6.07) is 21.4. The van der Waals surface area contributed by atoms with E-state index in [2.05, 4.69) is 0 Å². The van der Waals surface area contributed by atoms with Gasteiger partial charge in [0.15, 0.2) is 6.61 Å². The van der Waals surface area contributed by atoms with Gasteiger partial charge in [-0.1, -0.05) is 30.3 Å². The summed E-state index contributed by atoms with van der Waals surface area (Å²) in [5.74, 6) is 1.66. The van der Waals surface area contributed by atoms with Crippen molar-refractivity contribution < 1.29 is 37.0 Å². The minimum Gasteiger partial charge on any atom is -0.486 e. The van der Waals surface area contributed by atoms with Gasteiger partial charge in [0.05, 0.1) is 5.56 Å². The Hall–Kier alpha value is -3.85. The van der Waals surface area contributed by atoms with E-state index in [1.54, 1.807) is 6.07 Å². The number of aryl methyl sites for hydroxylation is 1. The molecule has 0 saturated heterocycles. The molecule has 37 heavy (non-hydrogen) atoms. The molecular weight excluding hydrogens is 505 g/mol. The normalized spacial score (nSPS) is 11.4. The standard InChI is InChI=1S/C28H23F3O5S/c1-18-13-23(11-12-24(18)35-16-27(32)33)37-17-20-14-25(19-7-9-21(10-8-19)28(29,30)31)36-26(20)15-34-22-5-3-2-4-6-22/h2-14H,15-17H2,1H3,(H,32,33). The van der Waals surface area contributed by atoms with Gasteiger partial charge in [-0.05, 0) is 61.0 Å². The van der Waals surface area contributed by atoms with E-state index < -0.39 is 24.3 Å². The molecule has 1 N–H and O–H groups in total. The van der Waals surface area contributed by atoms with E-state index in [0.29, 0.717) is 34.3 Å². The van der Waals surface area contributed by atoms with E-state index >= 15 is 0 Å². The minimum atomic E-state index is -4.41. The summed E-state index contributed by atoms with van der Waals surface area (Å²) in [5.41, 5.74) is 1.45. The maximum absolute atomic E-state index is 13.0. The van der Waals surface area contributed by atoms with Crippen LogP contribution >= 0.6 is 11.8 Å². The summed E-state index contributed by atoms with van der Waals surface area (Å²) in [6.07, 6.45) is -4.41. The van der Waals surface area contributed by atoms with Crippen LogP contribution in [0.1, 0.15) is 22.5 Å². The lowest BCUT2D eigenvalue weighted by Crippen LogP contribution is -2.09. The van der Waals surface area contributed by atoms with E-state index in [4.69, 9.17) is 19.0 Å². The summed E-state index contributed by atoms with van der Waals surface area (Å²) in [4.78, 5) is 11.7. The van der Waals surface area contributed by atoms with E-state index in [9.17, 15) is 18.0 Å². The van der Waals surface area contributed by atoms with Gasteiger partial charge in [0.25, 0.3) is 0 Å². The number of furan rings is 1. The number of rotatable bonds is 10. The molecule has 9 heteroatoms. The molecular formula is C28H23F3O5S. The Labute approximate surface area is 215 Å². The molecule has 1 heterocycles. The molecule has 0 fully saturated rings. The molecule has 0 amide bonds. The largest absolute Gasteiger partial charge is 0.486 e. The number of hydrogen-bond acceptors (Lipinski definition) is 5. The first-order valence-electron chi connectivity index (χ1n) is 11.2. The third-order valence-electron chi connectivity index (χ3n) is 5.40. The van der Waals surface area contributed by atoms with Gasteiger partial charge < -0.3 is 19.0 Å². The third kappa shape index (κ3) is 7.10. The number of para-hydroxylation sites is 1. The lowest BCUT2D eigenvalue weighted by Gasteiger charge is -2.09. The predicted molar refractivity (Wildman–Crippen MR) is 134 cm³/mol. The fourth-order valence-corrected chi connectivity index (χ4v) is 4.51. The van der Waals surface area contributed by atoms with Crippen molar-refractivity contribution in [1.29, 1.82) is 0 Å². The Morgan fingerprint density at radius 1 is 0.973 bits per heavy atom. The number of carbonyl (C=O) groups is 1. The summed E-state index contributed by atoms with van der Waals surface area (Å²) >= 11 is 1.53. The second-order valence-electron chi connectivity index (χ2n) is 8.13. The van der Waals surface area contributed by atoms with Gasteiger partial charge in [-0.2, -0.15) is 13.2 Å². The molecule has 0 aliphatic heterocycles. The Balaban J connectivity index is 1.53. The molecule has 0 atom stereocenters. The topological polar surface area (TPSA) is 68.9 Å². The van der Waals surface area contributed by atoms with Gasteiger partial charge >= 0.3 is 12.1 Å². The highest BCUT2D eigenvalue weighted by Gasteiger charge is 2.30. The Bertz CT molecular complexity index is 1350. The first-order valence-corrected chi connectivity index (χ1v) is 12.2. The highest BCUT2D eigenvalue weighted by molar-refractivity contribution is 7.98.